The lowest BCUT2D eigenvalue weighted by Gasteiger charge is -2.12. The lowest BCUT2D eigenvalue weighted by Crippen LogP contribution is -2.16. The summed E-state index contributed by atoms with van der Waals surface area (Å²) in [6.45, 7) is 3.90. The molecule has 0 unspecified atom stereocenters. The summed E-state index contributed by atoms with van der Waals surface area (Å²) < 4.78 is 10.5. The van der Waals surface area contributed by atoms with Gasteiger partial charge in [0.15, 0.2) is 23.0 Å². The predicted octanol–water partition coefficient (Wildman–Crippen LogP) is 4.11. The second-order valence-electron chi connectivity index (χ2n) is 6.22. The van der Waals surface area contributed by atoms with Crippen LogP contribution in [0.1, 0.15) is 21.6 Å². The van der Waals surface area contributed by atoms with Crippen LogP contribution in [0, 0.1) is 13.8 Å². The van der Waals surface area contributed by atoms with Gasteiger partial charge >= 0.3 is 0 Å². The molecule has 7 heteroatoms. The summed E-state index contributed by atoms with van der Waals surface area (Å²) >= 11 is 0. The Kier molecular flexibility index (Phi) is 5.74. The number of amides is 1. The van der Waals surface area contributed by atoms with E-state index in [1.807, 2.05) is 38.1 Å². The highest BCUT2D eigenvalue weighted by Crippen LogP contribution is 2.30. The number of methoxy groups -OCH3 is 2. The van der Waals surface area contributed by atoms with E-state index in [2.05, 4.69) is 20.8 Å². The van der Waals surface area contributed by atoms with Crippen molar-refractivity contribution in [2.45, 2.75) is 13.8 Å². The number of aromatic nitrogens is 2. The van der Waals surface area contributed by atoms with Gasteiger partial charge in [-0.2, -0.15) is 0 Å². The molecule has 3 aromatic rings. The molecule has 144 valence electrons. The van der Waals surface area contributed by atoms with Crippen molar-refractivity contribution in [3.63, 3.8) is 0 Å². The minimum atomic E-state index is -0.303. The number of ether oxygens (including phenoxy) is 2. The molecule has 7 nitrogen and oxygen atoms in total. The van der Waals surface area contributed by atoms with Crippen molar-refractivity contribution in [3.05, 3.63) is 65.4 Å². The minimum absolute atomic E-state index is 0.237. The Hall–Kier alpha value is -3.61. The highest BCUT2D eigenvalue weighted by atomic mass is 16.5. The van der Waals surface area contributed by atoms with Crippen molar-refractivity contribution in [2.75, 3.05) is 24.9 Å². The van der Waals surface area contributed by atoms with E-state index in [-0.39, 0.29) is 11.6 Å². The van der Waals surface area contributed by atoms with Crippen molar-refractivity contribution in [2.24, 2.45) is 0 Å². The van der Waals surface area contributed by atoms with Gasteiger partial charge in [-0.3, -0.25) is 4.79 Å². The second kappa shape index (κ2) is 8.39. The van der Waals surface area contributed by atoms with Crippen LogP contribution in [0.4, 0.5) is 17.2 Å². The monoisotopic (exact) mass is 378 g/mol. The van der Waals surface area contributed by atoms with Crippen LogP contribution in [0.25, 0.3) is 0 Å². The van der Waals surface area contributed by atoms with Crippen LogP contribution in [0.3, 0.4) is 0 Å². The van der Waals surface area contributed by atoms with Crippen molar-refractivity contribution in [3.8, 4) is 11.5 Å². The Bertz CT molecular complexity index is 967. The number of aryl methyl sites for hydroxylation is 2. The van der Waals surface area contributed by atoms with E-state index >= 15 is 0 Å². The SMILES string of the molecule is COc1ccc(Nc2ccc(C(=O)Nc3c(C)cccc3C)nn2)cc1OC. The molecule has 0 aliphatic heterocycles. The Morgan fingerprint density at radius 2 is 1.61 bits per heavy atom. The first-order valence-corrected chi connectivity index (χ1v) is 8.72. The first kappa shape index (κ1) is 19.2. The van der Waals surface area contributed by atoms with Gasteiger partial charge in [0.05, 0.1) is 14.2 Å². The number of benzene rings is 2. The summed E-state index contributed by atoms with van der Waals surface area (Å²) in [6, 6.07) is 14.6. The first-order valence-electron chi connectivity index (χ1n) is 8.72. The van der Waals surface area contributed by atoms with Gasteiger partial charge in [-0.25, -0.2) is 0 Å². The molecule has 0 saturated carbocycles. The Morgan fingerprint density at radius 3 is 2.21 bits per heavy atom. The van der Waals surface area contributed by atoms with Crippen molar-refractivity contribution >= 4 is 23.1 Å². The molecule has 0 radical (unpaired) electrons. The van der Waals surface area contributed by atoms with Gasteiger partial charge in [0.2, 0.25) is 0 Å². The topological polar surface area (TPSA) is 85.4 Å². The van der Waals surface area contributed by atoms with E-state index < -0.39 is 0 Å². The number of carbonyl (C=O) groups excluding carboxylic acids is 1. The second-order valence-corrected chi connectivity index (χ2v) is 6.22. The van der Waals surface area contributed by atoms with Gasteiger partial charge in [-0.1, -0.05) is 18.2 Å². The van der Waals surface area contributed by atoms with E-state index in [4.69, 9.17) is 9.47 Å². The molecular weight excluding hydrogens is 356 g/mol. The van der Waals surface area contributed by atoms with Crippen molar-refractivity contribution in [1.29, 1.82) is 0 Å². The number of carbonyl (C=O) groups is 1. The molecular formula is C21H22N4O3. The Morgan fingerprint density at radius 1 is 0.893 bits per heavy atom. The minimum Gasteiger partial charge on any atom is -0.493 e. The van der Waals surface area contributed by atoms with Gasteiger partial charge in [0.25, 0.3) is 5.91 Å². The molecule has 28 heavy (non-hydrogen) atoms. The quantitative estimate of drug-likeness (QED) is 0.671. The fourth-order valence-corrected chi connectivity index (χ4v) is 2.77. The molecule has 0 bridgehead atoms. The van der Waals surface area contributed by atoms with E-state index in [0.29, 0.717) is 17.3 Å². The van der Waals surface area contributed by atoms with Gasteiger partial charge in [0, 0.05) is 17.4 Å². The first-order chi connectivity index (χ1) is 13.5. The molecule has 0 spiro atoms. The summed E-state index contributed by atoms with van der Waals surface area (Å²) in [4.78, 5) is 12.5. The number of nitrogens with zero attached hydrogens (tertiary/aromatic N) is 2. The largest absolute Gasteiger partial charge is 0.493 e. The summed E-state index contributed by atoms with van der Waals surface area (Å²) in [7, 11) is 3.16. The number of para-hydroxylation sites is 1. The van der Waals surface area contributed by atoms with Crippen LogP contribution in [-0.4, -0.2) is 30.3 Å². The zero-order chi connectivity index (χ0) is 20.1. The molecule has 0 aliphatic rings. The number of hydrogen-bond acceptors (Lipinski definition) is 6. The maximum atomic E-state index is 12.5. The molecule has 0 fully saturated rings. The fourth-order valence-electron chi connectivity index (χ4n) is 2.77. The number of nitrogens with one attached hydrogen (secondary N) is 2. The Labute approximate surface area is 163 Å². The molecule has 2 N–H and O–H groups in total. The highest BCUT2D eigenvalue weighted by molar-refractivity contribution is 6.03. The lowest BCUT2D eigenvalue weighted by atomic mass is 10.1. The molecule has 3 rings (SSSR count). The van der Waals surface area contributed by atoms with Gasteiger partial charge in [-0.15, -0.1) is 10.2 Å². The average Bonchev–Trinajstić information content (AvgIpc) is 2.71. The Balaban J connectivity index is 1.72. The van der Waals surface area contributed by atoms with Crippen LogP contribution >= 0.6 is 0 Å². The van der Waals surface area contributed by atoms with Crippen molar-refractivity contribution in [1.82, 2.24) is 10.2 Å². The van der Waals surface area contributed by atoms with Gasteiger partial charge in [0.1, 0.15) is 0 Å². The maximum absolute atomic E-state index is 12.5. The molecule has 1 heterocycles. The van der Waals surface area contributed by atoms with Crippen LogP contribution in [-0.2, 0) is 0 Å². The summed E-state index contributed by atoms with van der Waals surface area (Å²) in [5, 5.41) is 14.1. The maximum Gasteiger partial charge on any atom is 0.276 e. The third-order valence-electron chi connectivity index (χ3n) is 4.27. The zero-order valence-corrected chi connectivity index (χ0v) is 16.2. The molecule has 0 aliphatic carbocycles. The van der Waals surface area contributed by atoms with Crippen LogP contribution in [0.5, 0.6) is 11.5 Å². The third-order valence-corrected chi connectivity index (χ3v) is 4.27. The number of hydrogen-bond donors (Lipinski definition) is 2. The molecule has 1 aromatic heterocycles. The third kappa shape index (κ3) is 4.20. The lowest BCUT2D eigenvalue weighted by molar-refractivity contribution is 0.102. The van der Waals surface area contributed by atoms with Gasteiger partial charge < -0.3 is 20.1 Å². The number of rotatable bonds is 6. The summed E-state index contributed by atoms with van der Waals surface area (Å²) in [6.07, 6.45) is 0. The fraction of sp³-hybridized carbons (Fsp3) is 0.190. The summed E-state index contributed by atoms with van der Waals surface area (Å²) in [5.74, 6) is 1.45. The average molecular weight is 378 g/mol. The van der Waals surface area contributed by atoms with Crippen molar-refractivity contribution < 1.29 is 14.3 Å². The molecule has 2 aromatic carbocycles. The van der Waals surface area contributed by atoms with E-state index in [0.717, 1.165) is 22.5 Å². The standard InChI is InChI=1S/C21H22N4O3/c1-13-6-5-7-14(2)20(13)23-21(26)16-9-11-19(25-24-16)22-15-8-10-17(27-3)18(12-15)28-4/h5-12H,1-4H3,(H,22,25)(H,23,26). The van der Waals surface area contributed by atoms with Crippen LogP contribution in [0.2, 0.25) is 0 Å². The van der Waals surface area contributed by atoms with E-state index in [1.54, 1.807) is 38.5 Å². The highest BCUT2D eigenvalue weighted by Gasteiger charge is 2.12. The molecule has 0 saturated heterocycles. The molecule has 1 amide bonds. The number of anilines is 3. The predicted molar refractivity (Wildman–Crippen MR) is 109 cm³/mol. The normalized spacial score (nSPS) is 10.3. The van der Waals surface area contributed by atoms with E-state index in [1.165, 1.54) is 0 Å². The zero-order valence-electron chi connectivity index (χ0n) is 16.2. The van der Waals surface area contributed by atoms with Gasteiger partial charge in [-0.05, 0) is 49.2 Å². The van der Waals surface area contributed by atoms with Crippen LogP contribution in [0.15, 0.2) is 48.5 Å². The summed E-state index contributed by atoms with van der Waals surface area (Å²) in [5.41, 5.74) is 3.78. The smallest absolute Gasteiger partial charge is 0.276 e. The van der Waals surface area contributed by atoms with Crippen LogP contribution < -0.4 is 20.1 Å². The molecule has 0 atom stereocenters. The van der Waals surface area contributed by atoms with E-state index in [9.17, 15) is 4.79 Å².